The first-order valence-corrected chi connectivity index (χ1v) is 6.09. The first-order chi connectivity index (χ1) is 6.43. The van der Waals surface area contributed by atoms with Crippen LogP contribution in [-0.4, -0.2) is 20.3 Å². The molecule has 1 aliphatic heterocycles. The van der Waals surface area contributed by atoms with Crippen molar-refractivity contribution in [1.82, 2.24) is 0 Å². The van der Waals surface area contributed by atoms with E-state index in [2.05, 4.69) is 0 Å². The molecular weight excluding hydrogens is 200 g/mol. The molecule has 1 atom stereocenters. The molecule has 0 fully saturated rings. The van der Waals surface area contributed by atoms with Crippen molar-refractivity contribution in [1.29, 1.82) is 0 Å². The highest BCUT2D eigenvalue weighted by molar-refractivity contribution is 7.87. The molecule has 0 saturated heterocycles. The number of allylic oxidation sites excluding steroid dienone is 2. The van der Waals surface area contributed by atoms with E-state index in [-0.39, 0.29) is 6.61 Å². The molecule has 4 heteroatoms. The van der Waals surface area contributed by atoms with Crippen LogP contribution in [0.5, 0.6) is 0 Å². The Kier molecular flexibility index (Phi) is 3.50. The van der Waals surface area contributed by atoms with Gasteiger partial charge in [-0.25, -0.2) is 0 Å². The summed E-state index contributed by atoms with van der Waals surface area (Å²) in [5, 5.41) is -0.494. The topological polar surface area (TPSA) is 43.4 Å². The molecule has 0 aromatic heterocycles. The maximum Gasteiger partial charge on any atom is 0.274 e. The van der Waals surface area contributed by atoms with Crippen molar-refractivity contribution in [3.63, 3.8) is 0 Å². The summed E-state index contributed by atoms with van der Waals surface area (Å²) in [6.45, 7) is 5.92. The normalized spacial score (nSPS) is 25.4. The summed E-state index contributed by atoms with van der Waals surface area (Å²) in [4.78, 5) is 0. The van der Waals surface area contributed by atoms with Crippen molar-refractivity contribution in [3.05, 3.63) is 23.3 Å². The first-order valence-electron chi connectivity index (χ1n) is 4.62. The zero-order chi connectivity index (χ0) is 10.8. The van der Waals surface area contributed by atoms with Crippen LogP contribution in [-0.2, 0) is 14.3 Å². The van der Waals surface area contributed by atoms with Crippen LogP contribution in [0.3, 0.4) is 0 Å². The predicted molar refractivity (Wildman–Crippen MR) is 56.5 cm³/mol. The highest BCUT2D eigenvalue weighted by Gasteiger charge is 2.29. The smallest absolute Gasteiger partial charge is 0.265 e. The molecule has 0 saturated carbocycles. The molecule has 1 aliphatic rings. The number of hydrogen-bond donors (Lipinski definition) is 0. The van der Waals surface area contributed by atoms with E-state index < -0.39 is 15.4 Å². The molecule has 0 N–H and O–H groups in total. The maximum absolute atomic E-state index is 11.5. The number of rotatable bonds is 2. The van der Waals surface area contributed by atoms with Gasteiger partial charge in [0.25, 0.3) is 10.1 Å². The van der Waals surface area contributed by atoms with Gasteiger partial charge >= 0.3 is 0 Å². The van der Waals surface area contributed by atoms with Gasteiger partial charge in [-0.05, 0) is 27.2 Å². The summed E-state index contributed by atoms with van der Waals surface area (Å²) in [7, 11) is -3.38. The van der Waals surface area contributed by atoms with Crippen LogP contribution in [0.25, 0.3) is 0 Å². The van der Waals surface area contributed by atoms with Gasteiger partial charge in [0, 0.05) is 0 Å². The van der Waals surface area contributed by atoms with Crippen molar-refractivity contribution >= 4 is 10.1 Å². The Balaban J connectivity index is 2.88. The minimum absolute atomic E-state index is 0.180. The van der Waals surface area contributed by atoms with Crippen molar-refractivity contribution < 1.29 is 12.6 Å². The van der Waals surface area contributed by atoms with Crippen molar-refractivity contribution in [2.75, 3.05) is 6.61 Å². The summed E-state index contributed by atoms with van der Waals surface area (Å²) in [6, 6.07) is 0. The van der Waals surface area contributed by atoms with Gasteiger partial charge in [0.05, 0.1) is 6.61 Å². The van der Waals surface area contributed by atoms with Gasteiger partial charge in [-0.3, -0.25) is 4.18 Å². The van der Waals surface area contributed by atoms with Crippen molar-refractivity contribution in [3.8, 4) is 0 Å². The third-order valence-electron chi connectivity index (χ3n) is 2.23. The summed E-state index contributed by atoms with van der Waals surface area (Å²) in [5.74, 6) is 0. The Labute approximate surface area is 85.6 Å². The van der Waals surface area contributed by atoms with E-state index in [1.165, 1.54) is 0 Å². The monoisotopic (exact) mass is 216 g/mol. The second kappa shape index (κ2) is 4.28. The summed E-state index contributed by atoms with van der Waals surface area (Å²) >= 11 is 0. The van der Waals surface area contributed by atoms with E-state index in [0.29, 0.717) is 6.42 Å². The van der Waals surface area contributed by atoms with Crippen molar-refractivity contribution in [2.24, 2.45) is 0 Å². The highest BCUT2D eigenvalue weighted by Crippen LogP contribution is 2.22. The maximum atomic E-state index is 11.5. The summed E-state index contributed by atoms with van der Waals surface area (Å²) in [5.41, 5.74) is 2.01. The lowest BCUT2D eigenvalue weighted by Gasteiger charge is -2.20. The largest absolute Gasteiger partial charge is 0.274 e. The lowest BCUT2D eigenvalue weighted by atomic mass is 10.1. The molecule has 0 bridgehead atoms. The Morgan fingerprint density at radius 1 is 1.64 bits per heavy atom. The Bertz CT molecular complexity index is 359. The number of hydrogen-bond acceptors (Lipinski definition) is 3. The molecule has 0 radical (unpaired) electrons. The molecule has 3 nitrogen and oxygen atoms in total. The Hall–Kier alpha value is -0.610. The van der Waals surface area contributed by atoms with E-state index in [0.717, 1.165) is 11.1 Å². The molecular formula is C10H16O3S. The molecule has 0 aromatic carbocycles. The third-order valence-corrected chi connectivity index (χ3v) is 3.96. The predicted octanol–water partition coefficient (Wildman–Crippen LogP) is 2.02. The van der Waals surface area contributed by atoms with E-state index in [1.807, 2.05) is 32.9 Å². The minimum atomic E-state index is -3.38. The second-order valence-electron chi connectivity index (χ2n) is 3.73. The molecule has 1 rings (SSSR count). The standard InChI is InChI=1S/C10H16O3S/c1-8(2)4-5-10-9(3)6-7-13-14(10,11)12/h4,6,10H,5,7H2,1-3H3. The molecule has 0 amide bonds. The molecule has 0 spiro atoms. The molecule has 0 aliphatic carbocycles. The van der Waals surface area contributed by atoms with E-state index in [4.69, 9.17) is 4.18 Å². The van der Waals surface area contributed by atoms with Crippen LogP contribution in [0.1, 0.15) is 27.2 Å². The quantitative estimate of drug-likeness (QED) is 0.524. The molecule has 1 heterocycles. The van der Waals surface area contributed by atoms with Gasteiger partial charge in [0.15, 0.2) is 0 Å². The Morgan fingerprint density at radius 3 is 2.79 bits per heavy atom. The van der Waals surface area contributed by atoms with Gasteiger partial charge in [0.1, 0.15) is 5.25 Å². The highest BCUT2D eigenvalue weighted by atomic mass is 32.2. The molecule has 0 aromatic rings. The van der Waals surface area contributed by atoms with E-state index in [9.17, 15) is 8.42 Å². The van der Waals surface area contributed by atoms with Crippen LogP contribution < -0.4 is 0 Å². The fourth-order valence-corrected chi connectivity index (χ4v) is 2.65. The van der Waals surface area contributed by atoms with Crippen molar-refractivity contribution in [2.45, 2.75) is 32.4 Å². The minimum Gasteiger partial charge on any atom is -0.265 e. The van der Waals surface area contributed by atoms with Crippen LogP contribution in [0.2, 0.25) is 0 Å². The van der Waals surface area contributed by atoms with Crippen LogP contribution >= 0.6 is 0 Å². The average Bonchev–Trinajstić information content (AvgIpc) is 2.01. The van der Waals surface area contributed by atoms with Gasteiger partial charge in [-0.1, -0.05) is 23.3 Å². The zero-order valence-electron chi connectivity index (χ0n) is 8.78. The second-order valence-corrected chi connectivity index (χ2v) is 5.52. The van der Waals surface area contributed by atoms with Crippen LogP contribution in [0, 0.1) is 0 Å². The molecule has 80 valence electrons. The fourth-order valence-electron chi connectivity index (χ4n) is 1.35. The van der Waals surface area contributed by atoms with Crippen LogP contribution in [0.4, 0.5) is 0 Å². The lowest BCUT2D eigenvalue weighted by molar-refractivity contribution is 0.342. The van der Waals surface area contributed by atoms with Crippen LogP contribution in [0.15, 0.2) is 23.3 Å². The zero-order valence-corrected chi connectivity index (χ0v) is 9.60. The Morgan fingerprint density at radius 2 is 2.29 bits per heavy atom. The molecule has 1 unspecified atom stereocenters. The van der Waals surface area contributed by atoms with E-state index in [1.54, 1.807) is 0 Å². The lowest BCUT2D eigenvalue weighted by Crippen LogP contribution is -2.28. The summed E-state index contributed by atoms with van der Waals surface area (Å²) < 4.78 is 27.8. The first kappa shape index (κ1) is 11.5. The average molecular weight is 216 g/mol. The van der Waals surface area contributed by atoms with Gasteiger partial charge in [-0.15, -0.1) is 0 Å². The van der Waals surface area contributed by atoms with Gasteiger partial charge < -0.3 is 0 Å². The van der Waals surface area contributed by atoms with E-state index >= 15 is 0 Å². The molecule has 14 heavy (non-hydrogen) atoms. The fraction of sp³-hybridized carbons (Fsp3) is 0.600. The third kappa shape index (κ3) is 2.69. The van der Waals surface area contributed by atoms with Gasteiger partial charge in [-0.2, -0.15) is 8.42 Å². The summed E-state index contributed by atoms with van der Waals surface area (Å²) in [6.07, 6.45) is 4.26. The van der Waals surface area contributed by atoms with Gasteiger partial charge in [0.2, 0.25) is 0 Å². The SMILES string of the molecule is CC(C)=CCC1C(C)=CCOS1(=O)=O.